The van der Waals surface area contributed by atoms with E-state index in [1.807, 2.05) is 0 Å². The van der Waals surface area contributed by atoms with Gasteiger partial charge in [-0.2, -0.15) is 0 Å². The maximum Gasteiger partial charge on any atom is -0.00773 e. The lowest BCUT2D eigenvalue weighted by molar-refractivity contribution is 0.399. The maximum absolute atomic E-state index is 5.44. The second-order valence-electron chi connectivity index (χ2n) is 4.27. The van der Waals surface area contributed by atoms with Gasteiger partial charge in [0.25, 0.3) is 0 Å². The molecule has 0 aromatic rings. The van der Waals surface area contributed by atoms with Crippen molar-refractivity contribution in [1.29, 1.82) is 0 Å². The van der Waals surface area contributed by atoms with Crippen molar-refractivity contribution in [2.75, 3.05) is 6.54 Å². The monoisotopic (exact) mass is 181 g/mol. The van der Waals surface area contributed by atoms with Gasteiger partial charge in [-0.05, 0) is 37.6 Å². The number of rotatable bonds is 6. The summed E-state index contributed by atoms with van der Waals surface area (Å²) in [6.07, 6.45) is 12.7. The predicted octanol–water partition coefficient (Wildman–Crippen LogP) is 3.11. The van der Waals surface area contributed by atoms with E-state index in [-0.39, 0.29) is 0 Å². The summed E-state index contributed by atoms with van der Waals surface area (Å²) in [4.78, 5) is 0. The highest BCUT2D eigenvalue weighted by atomic mass is 14.5. The third-order valence-corrected chi connectivity index (χ3v) is 3.15. The zero-order valence-electron chi connectivity index (χ0n) is 8.84. The maximum atomic E-state index is 5.44. The van der Waals surface area contributed by atoms with Crippen LogP contribution < -0.4 is 5.73 Å². The summed E-state index contributed by atoms with van der Waals surface area (Å²) in [6, 6.07) is 0. The molecule has 0 aromatic heterocycles. The molecule has 1 nitrogen and oxygen atoms in total. The van der Waals surface area contributed by atoms with Crippen LogP contribution in [0.25, 0.3) is 0 Å². The molecule has 13 heavy (non-hydrogen) atoms. The third kappa shape index (κ3) is 3.95. The molecule has 0 bridgehead atoms. The molecular formula is C12H23N. The molecule has 1 heteroatoms. The summed E-state index contributed by atoms with van der Waals surface area (Å²) in [5.41, 5.74) is 5.44. The molecule has 0 heterocycles. The molecule has 0 saturated carbocycles. The Balaban J connectivity index is 1.94. The van der Waals surface area contributed by atoms with E-state index >= 15 is 0 Å². The quantitative estimate of drug-likeness (QED) is 0.494. The summed E-state index contributed by atoms with van der Waals surface area (Å²) < 4.78 is 0. The first-order chi connectivity index (χ1) is 6.34. The SMILES string of the molecule is CC1C=CCC1CCCCCCN. The van der Waals surface area contributed by atoms with Gasteiger partial charge >= 0.3 is 0 Å². The molecule has 1 rings (SSSR count). The molecule has 76 valence electrons. The summed E-state index contributed by atoms with van der Waals surface area (Å²) in [6.45, 7) is 3.20. The minimum absolute atomic E-state index is 0.828. The molecule has 0 radical (unpaired) electrons. The van der Waals surface area contributed by atoms with E-state index in [2.05, 4.69) is 19.1 Å². The van der Waals surface area contributed by atoms with Crippen molar-refractivity contribution in [2.45, 2.75) is 45.4 Å². The molecule has 0 aliphatic heterocycles. The zero-order chi connectivity index (χ0) is 9.52. The van der Waals surface area contributed by atoms with Gasteiger partial charge in [0.05, 0.1) is 0 Å². The van der Waals surface area contributed by atoms with Crippen LogP contribution in [-0.4, -0.2) is 6.54 Å². The van der Waals surface area contributed by atoms with Crippen molar-refractivity contribution in [3.8, 4) is 0 Å². The van der Waals surface area contributed by atoms with Crippen molar-refractivity contribution in [3.63, 3.8) is 0 Å². The molecule has 0 amide bonds. The van der Waals surface area contributed by atoms with Gasteiger partial charge in [0.1, 0.15) is 0 Å². The van der Waals surface area contributed by atoms with Gasteiger partial charge in [0, 0.05) is 0 Å². The normalized spacial score (nSPS) is 26.9. The Morgan fingerprint density at radius 3 is 2.62 bits per heavy atom. The van der Waals surface area contributed by atoms with Crippen LogP contribution in [-0.2, 0) is 0 Å². The van der Waals surface area contributed by atoms with Gasteiger partial charge in [0.2, 0.25) is 0 Å². The molecule has 2 atom stereocenters. The van der Waals surface area contributed by atoms with E-state index in [4.69, 9.17) is 5.73 Å². The van der Waals surface area contributed by atoms with E-state index in [1.54, 1.807) is 0 Å². The third-order valence-electron chi connectivity index (χ3n) is 3.15. The Labute approximate surface area is 82.4 Å². The van der Waals surface area contributed by atoms with Crippen LogP contribution in [0.3, 0.4) is 0 Å². The Morgan fingerprint density at radius 2 is 2.00 bits per heavy atom. The number of unbranched alkanes of at least 4 members (excludes halogenated alkanes) is 3. The summed E-state index contributed by atoms with van der Waals surface area (Å²) >= 11 is 0. The minimum Gasteiger partial charge on any atom is -0.330 e. The first-order valence-corrected chi connectivity index (χ1v) is 5.71. The second kappa shape index (κ2) is 6.20. The molecule has 0 saturated heterocycles. The van der Waals surface area contributed by atoms with Crippen LogP contribution in [0.5, 0.6) is 0 Å². The minimum atomic E-state index is 0.828. The first-order valence-electron chi connectivity index (χ1n) is 5.71. The van der Waals surface area contributed by atoms with E-state index in [1.165, 1.54) is 38.5 Å². The summed E-state index contributed by atoms with van der Waals surface area (Å²) in [5, 5.41) is 0. The Kier molecular flexibility index (Phi) is 5.14. The highest BCUT2D eigenvalue weighted by Gasteiger charge is 2.17. The summed E-state index contributed by atoms with van der Waals surface area (Å²) in [5.74, 6) is 1.77. The van der Waals surface area contributed by atoms with Crippen LogP contribution in [0.1, 0.15) is 45.4 Å². The highest BCUT2D eigenvalue weighted by molar-refractivity contribution is 4.98. The van der Waals surface area contributed by atoms with Gasteiger partial charge in [0.15, 0.2) is 0 Å². The van der Waals surface area contributed by atoms with Crippen LogP contribution >= 0.6 is 0 Å². The van der Waals surface area contributed by atoms with E-state index < -0.39 is 0 Å². The van der Waals surface area contributed by atoms with Crippen LogP contribution in [0.2, 0.25) is 0 Å². The lowest BCUT2D eigenvalue weighted by atomic mass is 9.91. The molecule has 2 unspecified atom stereocenters. The van der Waals surface area contributed by atoms with Crippen LogP contribution in [0, 0.1) is 11.8 Å². The molecule has 0 fully saturated rings. The molecule has 0 aromatic carbocycles. The molecule has 0 spiro atoms. The van der Waals surface area contributed by atoms with Gasteiger partial charge in [-0.1, -0.05) is 38.3 Å². The lowest BCUT2D eigenvalue weighted by Crippen LogP contribution is -2.04. The fourth-order valence-corrected chi connectivity index (χ4v) is 2.12. The smallest absolute Gasteiger partial charge is 0.00773 e. The van der Waals surface area contributed by atoms with Gasteiger partial charge < -0.3 is 5.73 Å². The van der Waals surface area contributed by atoms with Gasteiger partial charge in [-0.25, -0.2) is 0 Å². The average Bonchev–Trinajstić information content (AvgIpc) is 2.52. The van der Waals surface area contributed by atoms with E-state index in [0.717, 1.165) is 18.4 Å². The molecule has 1 aliphatic carbocycles. The zero-order valence-corrected chi connectivity index (χ0v) is 8.84. The van der Waals surface area contributed by atoms with Crippen molar-refractivity contribution < 1.29 is 0 Å². The molecule has 2 N–H and O–H groups in total. The fraction of sp³-hybridized carbons (Fsp3) is 0.833. The van der Waals surface area contributed by atoms with Gasteiger partial charge in [-0.15, -0.1) is 0 Å². The molecule has 1 aliphatic rings. The van der Waals surface area contributed by atoms with Crippen molar-refractivity contribution in [2.24, 2.45) is 17.6 Å². The standard InChI is InChI=1S/C12H23N/c1-11-7-6-9-12(11)8-4-2-3-5-10-13/h6-7,11-12H,2-5,8-10,13H2,1H3. The Hall–Kier alpha value is -0.300. The van der Waals surface area contributed by atoms with Crippen LogP contribution in [0.4, 0.5) is 0 Å². The summed E-state index contributed by atoms with van der Waals surface area (Å²) in [7, 11) is 0. The lowest BCUT2D eigenvalue weighted by Gasteiger charge is -2.14. The molecular weight excluding hydrogens is 158 g/mol. The number of allylic oxidation sites excluding steroid dienone is 2. The number of hydrogen-bond donors (Lipinski definition) is 1. The fourth-order valence-electron chi connectivity index (χ4n) is 2.12. The first kappa shape index (κ1) is 10.8. The Morgan fingerprint density at radius 1 is 1.23 bits per heavy atom. The van der Waals surface area contributed by atoms with Gasteiger partial charge in [-0.3, -0.25) is 0 Å². The van der Waals surface area contributed by atoms with Crippen LogP contribution in [0.15, 0.2) is 12.2 Å². The van der Waals surface area contributed by atoms with Crippen molar-refractivity contribution in [3.05, 3.63) is 12.2 Å². The van der Waals surface area contributed by atoms with Crippen molar-refractivity contribution in [1.82, 2.24) is 0 Å². The second-order valence-corrected chi connectivity index (χ2v) is 4.27. The van der Waals surface area contributed by atoms with Crippen molar-refractivity contribution >= 4 is 0 Å². The number of nitrogens with two attached hydrogens (primary N) is 1. The average molecular weight is 181 g/mol. The Bertz CT molecular complexity index is 151. The van der Waals surface area contributed by atoms with E-state index in [9.17, 15) is 0 Å². The highest BCUT2D eigenvalue weighted by Crippen LogP contribution is 2.29. The van der Waals surface area contributed by atoms with E-state index in [0.29, 0.717) is 0 Å². The predicted molar refractivity (Wildman–Crippen MR) is 58.6 cm³/mol. The largest absolute Gasteiger partial charge is 0.330 e. The number of hydrogen-bond acceptors (Lipinski definition) is 1. The topological polar surface area (TPSA) is 26.0 Å².